The van der Waals surface area contributed by atoms with E-state index in [1.54, 1.807) is 6.07 Å². The molecule has 2 N–H and O–H groups in total. The number of likely N-dealkylation sites (tertiary alicyclic amines) is 1. The van der Waals surface area contributed by atoms with Crippen LogP contribution in [0.15, 0.2) is 18.2 Å². The van der Waals surface area contributed by atoms with E-state index >= 15 is 0 Å². The lowest BCUT2D eigenvalue weighted by atomic mass is 9.71. The molecule has 11 heteroatoms. The number of carboxylic acids is 1. The molecule has 1 aromatic heterocycles. The van der Waals surface area contributed by atoms with E-state index in [-0.39, 0.29) is 23.1 Å². The van der Waals surface area contributed by atoms with Gasteiger partial charge in [-0.25, -0.2) is 9.78 Å². The van der Waals surface area contributed by atoms with Crippen LogP contribution in [0.2, 0.25) is 0 Å². The molecule has 33 heavy (non-hydrogen) atoms. The molecule has 8 nitrogen and oxygen atoms in total. The fraction of sp³-hybridized carbons (Fsp3) is 0.636. The minimum atomic E-state index is -5.08. The van der Waals surface area contributed by atoms with Crippen LogP contribution in [-0.2, 0) is 14.3 Å². The Morgan fingerprint density at radius 1 is 1.24 bits per heavy atom. The van der Waals surface area contributed by atoms with Crippen LogP contribution in [0.4, 0.5) is 13.2 Å². The van der Waals surface area contributed by atoms with Crippen molar-refractivity contribution in [1.29, 1.82) is 0 Å². The summed E-state index contributed by atoms with van der Waals surface area (Å²) in [5, 5.41) is 10.3. The molecule has 1 aliphatic carbocycles. The van der Waals surface area contributed by atoms with Gasteiger partial charge in [0.15, 0.2) is 0 Å². The molecule has 0 aromatic carbocycles. The van der Waals surface area contributed by atoms with Crippen molar-refractivity contribution in [3.05, 3.63) is 29.6 Å². The molecule has 1 spiro atoms. The van der Waals surface area contributed by atoms with E-state index in [9.17, 15) is 22.8 Å². The van der Waals surface area contributed by atoms with Crippen LogP contribution >= 0.6 is 0 Å². The van der Waals surface area contributed by atoms with Crippen molar-refractivity contribution in [1.82, 2.24) is 15.2 Å². The highest BCUT2D eigenvalue weighted by Crippen LogP contribution is 2.45. The molecule has 1 unspecified atom stereocenters. The predicted molar refractivity (Wildman–Crippen MR) is 110 cm³/mol. The summed E-state index contributed by atoms with van der Waals surface area (Å²) in [6, 6.07) is 5.50. The number of aromatic nitrogens is 1. The summed E-state index contributed by atoms with van der Waals surface area (Å²) in [4.78, 5) is 41.0. The fourth-order valence-corrected chi connectivity index (χ4v) is 4.28. The number of amides is 2. The molecular weight excluding hydrogens is 443 g/mol. The molecule has 2 amide bonds. The van der Waals surface area contributed by atoms with Gasteiger partial charge < -0.3 is 20.1 Å². The number of alkyl halides is 3. The summed E-state index contributed by atoms with van der Waals surface area (Å²) in [7, 11) is 0. The number of rotatable bonds is 4. The smallest absolute Gasteiger partial charge is 0.475 e. The Hall–Kier alpha value is -2.69. The number of hydrogen-bond donors (Lipinski definition) is 2. The summed E-state index contributed by atoms with van der Waals surface area (Å²) in [6.45, 7) is 5.08. The van der Waals surface area contributed by atoms with E-state index in [0.29, 0.717) is 37.9 Å². The number of nitrogens with zero attached hydrogens (tertiary/aromatic N) is 2. The Morgan fingerprint density at radius 2 is 1.88 bits per heavy atom. The lowest BCUT2D eigenvalue weighted by Crippen LogP contribution is -2.44. The fourth-order valence-electron chi connectivity index (χ4n) is 4.28. The van der Waals surface area contributed by atoms with Gasteiger partial charge in [0.25, 0.3) is 5.91 Å². The van der Waals surface area contributed by atoms with E-state index in [4.69, 9.17) is 14.6 Å². The Kier molecular flexibility index (Phi) is 7.61. The minimum Gasteiger partial charge on any atom is -0.475 e. The highest BCUT2D eigenvalue weighted by molar-refractivity contribution is 5.93. The van der Waals surface area contributed by atoms with Crippen molar-refractivity contribution >= 4 is 17.8 Å². The molecule has 0 radical (unpaired) electrons. The van der Waals surface area contributed by atoms with Gasteiger partial charge in [0.05, 0.1) is 5.92 Å². The van der Waals surface area contributed by atoms with Gasteiger partial charge in [-0.2, -0.15) is 13.2 Å². The van der Waals surface area contributed by atoms with Crippen molar-refractivity contribution in [2.24, 2.45) is 17.3 Å². The molecule has 0 bridgehead atoms. The van der Waals surface area contributed by atoms with Crippen LogP contribution in [-0.4, -0.2) is 71.8 Å². The Labute approximate surface area is 189 Å². The summed E-state index contributed by atoms with van der Waals surface area (Å²) in [5.41, 5.74) is 1.13. The van der Waals surface area contributed by atoms with Gasteiger partial charge in [-0.15, -0.1) is 0 Å². The van der Waals surface area contributed by atoms with E-state index in [1.807, 2.05) is 24.0 Å². The second-order valence-corrected chi connectivity index (χ2v) is 8.87. The number of pyridine rings is 1. The first-order chi connectivity index (χ1) is 15.5. The number of aliphatic carboxylic acids is 1. The molecule has 1 atom stereocenters. The Balaban J connectivity index is 0.000000383. The number of carbonyl (C=O) groups excluding carboxylic acids is 2. The maximum Gasteiger partial charge on any atom is 0.490 e. The molecule has 2 aliphatic heterocycles. The normalized spacial score (nSPS) is 21.8. The zero-order valence-electron chi connectivity index (χ0n) is 18.4. The first-order valence-corrected chi connectivity index (χ1v) is 10.9. The Bertz CT molecular complexity index is 882. The number of hydrogen-bond acceptors (Lipinski definition) is 5. The van der Waals surface area contributed by atoms with E-state index in [2.05, 4.69) is 10.3 Å². The average Bonchev–Trinajstić information content (AvgIpc) is 3.53. The van der Waals surface area contributed by atoms with Crippen LogP contribution in [0, 0.1) is 24.2 Å². The number of nitrogens with one attached hydrogen (secondary N) is 1. The predicted octanol–water partition coefficient (Wildman–Crippen LogP) is 2.42. The molecule has 1 saturated carbocycles. The van der Waals surface area contributed by atoms with Gasteiger partial charge in [0.2, 0.25) is 5.91 Å². The molecule has 3 fully saturated rings. The van der Waals surface area contributed by atoms with Crippen LogP contribution in [0.3, 0.4) is 0 Å². The SMILES string of the molecule is Cc1cccc(C(=O)N2CC(C(=O)NCC3CC3)C3(CCOCC3)C2)n1.O=C(O)C(F)(F)F. The average molecular weight is 471 g/mol. The van der Waals surface area contributed by atoms with Gasteiger partial charge in [-0.1, -0.05) is 6.07 Å². The first-order valence-electron chi connectivity index (χ1n) is 10.9. The summed E-state index contributed by atoms with van der Waals surface area (Å²) >= 11 is 0. The number of ether oxygens (including phenoxy) is 1. The summed E-state index contributed by atoms with van der Waals surface area (Å²) < 4.78 is 37.3. The van der Waals surface area contributed by atoms with Crippen LogP contribution in [0.25, 0.3) is 0 Å². The highest BCUT2D eigenvalue weighted by Gasteiger charge is 2.52. The van der Waals surface area contributed by atoms with Gasteiger partial charge in [0, 0.05) is 44.0 Å². The number of carboxylic acid groups (broad SMARTS) is 1. The van der Waals surface area contributed by atoms with Crippen LogP contribution in [0.1, 0.15) is 41.9 Å². The second kappa shape index (κ2) is 10.1. The van der Waals surface area contributed by atoms with E-state index in [1.165, 1.54) is 12.8 Å². The summed E-state index contributed by atoms with van der Waals surface area (Å²) in [5.74, 6) is -2.23. The lowest BCUT2D eigenvalue weighted by Gasteiger charge is -2.37. The van der Waals surface area contributed by atoms with Crippen molar-refractivity contribution in [2.45, 2.75) is 38.8 Å². The second-order valence-electron chi connectivity index (χ2n) is 8.87. The lowest BCUT2D eigenvalue weighted by molar-refractivity contribution is -0.192. The largest absolute Gasteiger partial charge is 0.490 e. The number of halogens is 3. The topological polar surface area (TPSA) is 109 Å². The zero-order valence-corrected chi connectivity index (χ0v) is 18.4. The third kappa shape index (κ3) is 6.43. The van der Waals surface area contributed by atoms with E-state index < -0.39 is 12.1 Å². The van der Waals surface area contributed by atoms with Gasteiger partial charge >= 0.3 is 12.1 Å². The van der Waals surface area contributed by atoms with Crippen molar-refractivity contribution in [2.75, 3.05) is 32.8 Å². The minimum absolute atomic E-state index is 0.0722. The Morgan fingerprint density at radius 3 is 2.42 bits per heavy atom. The molecule has 2 saturated heterocycles. The molecule has 1 aromatic rings. The van der Waals surface area contributed by atoms with Crippen LogP contribution < -0.4 is 5.32 Å². The van der Waals surface area contributed by atoms with Crippen LogP contribution in [0.5, 0.6) is 0 Å². The zero-order chi connectivity index (χ0) is 24.2. The van der Waals surface area contributed by atoms with Gasteiger partial charge in [-0.3, -0.25) is 9.59 Å². The summed E-state index contributed by atoms with van der Waals surface area (Å²) in [6.07, 6.45) is -0.986. The monoisotopic (exact) mass is 471 g/mol. The van der Waals surface area contributed by atoms with Gasteiger partial charge in [-0.05, 0) is 50.7 Å². The standard InChI is InChI=1S/C20H27N3O3.C2HF3O2/c1-14-3-2-4-17(22-14)19(25)23-12-16(18(24)21-11-15-5-6-15)20(13-23)7-9-26-10-8-20;3-2(4,5)1(6)7/h2-4,15-16H,5-13H2,1H3,(H,21,24);(H,6,7). The maximum atomic E-state index is 13.0. The van der Waals surface area contributed by atoms with Gasteiger partial charge in [0.1, 0.15) is 5.69 Å². The van der Waals surface area contributed by atoms with Crippen molar-refractivity contribution in [3.63, 3.8) is 0 Å². The molecule has 3 aliphatic rings. The maximum absolute atomic E-state index is 13.0. The third-order valence-corrected chi connectivity index (χ3v) is 6.35. The number of carbonyl (C=O) groups is 3. The molecular formula is C22H28F3N3O5. The highest BCUT2D eigenvalue weighted by atomic mass is 19.4. The molecule has 4 rings (SSSR count). The third-order valence-electron chi connectivity index (χ3n) is 6.35. The molecule has 3 heterocycles. The van der Waals surface area contributed by atoms with Crippen molar-refractivity contribution < 1.29 is 37.4 Å². The first kappa shape index (κ1) is 24.9. The van der Waals surface area contributed by atoms with E-state index in [0.717, 1.165) is 25.1 Å². The van der Waals surface area contributed by atoms with Crippen molar-refractivity contribution in [3.8, 4) is 0 Å². The quantitative estimate of drug-likeness (QED) is 0.698. The molecule has 182 valence electrons. The number of aryl methyl sites for hydroxylation is 1.